The molecular formula is C12H16ClNO5S2. The lowest BCUT2D eigenvalue weighted by Crippen LogP contribution is -2.41. The average molecular weight is 354 g/mol. The molecule has 0 heterocycles. The number of methoxy groups -OCH3 is 1. The maximum absolute atomic E-state index is 12.3. The van der Waals surface area contributed by atoms with E-state index in [2.05, 4.69) is 4.72 Å². The van der Waals surface area contributed by atoms with Crippen LogP contribution in [-0.4, -0.2) is 44.7 Å². The topological polar surface area (TPSA) is 92.7 Å². The molecular weight excluding hydrogens is 338 g/mol. The maximum atomic E-state index is 12.3. The maximum Gasteiger partial charge on any atom is 0.321 e. The first-order valence-corrected chi connectivity index (χ1v) is 9.15. The van der Waals surface area contributed by atoms with E-state index in [0.29, 0.717) is 10.8 Å². The second-order valence-electron chi connectivity index (χ2n) is 4.09. The Labute approximate surface area is 132 Å². The first kappa shape index (κ1) is 18.1. The number of hydrogen-bond donors (Lipinski definition) is 2. The minimum Gasteiger partial charge on any atom is -0.495 e. The van der Waals surface area contributed by atoms with Crippen LogP contribution in [0.5, 0.6) is 5.75 Å². The monoisotopic (exact) mass is 353 g/mol. The number of benzene rings is 1. The molecule has 6 nitrogen and oxygen atoms in total. The number of aliphatic carboxylic acids is 1. The summed E-state index contributed by atoms with van der Waals surface area (Å²) < 4.78 is 31.7. The van der Waals surface area contributed by atoms with Crippen molar-refractivity contribution in [3.63, 3.8) is 0 Å². The van der Waals surface area contributed by atoms with Crippen LogP contribution in [0.2, 0.25) is 5.02 Å². The van der Waals surface area contributed by atoms with Crippen LogP contribution < -0.4 is 9.46 Å². The number of halogens is 1. The second kappa shape index (κ2) is 7.88. The van der Waals surface area contributed by atoms with Gasteiger partial charge in [0.1, 0.15) is 16.7 Å². The fourth-order valence-corrected chi connectivity index (χ4v) is 3.59. The molecule has 1 aromatic carbocycles. The van der Waals surface area contributed by atoms with Gasteiger partial charge in [-0.15, -0.1) is 0 Å². The molecule has 0 aliphatic heterocycles. The van der Waals surface area contributed by atoms with Gasteiger partial charge in [-0.05, 0) is 30.6 Å². The van der Waals surface area contributed by atoms with Gasteiger partial charge >= 0.3 is 5.97 Å². The van der Waals surface area contributed by atoms with Crippen molar-refractivity contribution in [1.29, 1.82) is 0 Å². The van der Waals surface area contributed by atoms with Gasteiger partial charge in [-0.25, -0.2) is 8.42 Å². The lowest BCUT2D eigenvalue weighted by atomic mass is 10.2. The number of thioether (sulfide) groups is 1. The molecule has 0 radical (unpaired) electrons. The smallest absolute Gasteiger partial charge is 0.321 e. The van der Waals surface area contributed by atoms with E-state index in [4.69, 9.17) is 21.4 Å². The Bertz CT molecular complexity index is 606. The van der Waals surface area contributed by atoms with Crippen molar-refractivity contribution in [2.24, 2.45) is 0 Å². The van der Waals surface area contributed by atoms with Gasteiger partial charge in [0.15, 0.2) is 0 Å². The number of carbonyl (C=O) groups is 1. The lowest BCUT2D eigenvalue weighted by Gasteiger charge is -2.16. The van der Waals surface area contributed by atoms with Crippen LogP contribution in [0, 0.1) is 0 Å². The molecule has 1 rings (SSSR count). The third-order valence-corrected chi connectivity index (χ3v) is 5.01. The summed E-state index contributed by atoms with van der Waals surface area (Å²) >= 11 is 7.22. The molecule has 0 amide bonds. The van der Waals surface area contributed by atoms with Crippen LogP contribution in [-0.2, 0) is 14.8 Å². The molecule has 0 aromatic heterocycles. The number of sulfonamides is 1. The van der Waals surface area contributed by atoms with E-state index in [1.54, 1.807) is 0 Å². The standard InChI is InChI=1S/C12H16ClNO5S2/c1-19-10-7-8(13)3-4-11(10)21(17,18)14-9(12(15)16)5-6-20-2/h3-4,7,9,14H,5-6H2,1-2H3,(H,15,16)/t9-/m0/s1. The zero-order valence-electron chi connectivity index (χ0n) is 11.5. The first-order chi connectivity index (χ1) is 9.81. The summed E-state index contributed by atoms with van der Waals surface area (Å²) in [5.74, 6) is -0.637. The van der Waals surface area contributed by atoms with Crippen molar-refractivity contribution in [3.05, 3.63) is 23.2 Å². The molecule has 0 saturated carbocycles. The largest absolute Gasteiger partial charge is 0.495 e. The summed E-state index contributed by atoms with van der Waals surface area (Å²) in [5.41, 5.74) is 0. The Hall–Kier alpha value is -0.960. The molecule has 21 heavy (non-hydrogen) atoms. The average Bonchev–Trinajstić information content (AvgIpc) is 2.42. The van der Waals surface area contributed by atoms with Gasteiger partial charge in [0.2, 0.25) is 10.0 Å². The Morgan fingerprint density at radius 1 is 1.52 bits per heavy atom. The highest BCUT2D eigenvalue weighted by Crippen LogP contribution is 2.27. The number of carboxylic acid groups (broad SMARTS) is 1. The molecule has 0 aliphatic rings. The zero-order valence-corrected chi connectivity index (χ0v) is 13.9. The molecule has 118 valence electrons. The minimum absolute atomic E-state index is 0.0593. The zero-order chi connectivity index (χ0) is 16.0. The molecule has 0 saturated heterocycles. The van der Waals surface area contributed by atoms with E-state index in [0.717, 1.165) is 0 Å². The minimum atomic E-state index is -4.02. The van der Waals surface area contributed by atoms with Crippen molar-refractivity contribution in [2.75, 3.05) is 19.1 Å². The molecule has 0 aliphatic carbocycles. The van der Waals surface area contributed by atoms with Crippen LogP contribution in [0.4, 0.5) is 0 Å². The summed E-state index contributed by atoms with van der Waals surface area (Å²) in [7, 11) is -2.71. The van der Waals surface area contributed by atoms with E-state index in [9.17, 15) is 13.2 Å². The molecule has 0 unspecified atom stereocenters. The molecule has 1 atom stereocenters. The van der Waals surface area contributed by atoms with Crippen molar-refractivity contribution < 1.29 is 23.1 Å². The number of carboxylic acids is 1. The van der Waals surface area contributed by atoms with Gasteiger partial charge in [-0.1, -0.05) is 11.6 Å². The Kier molecular flexibility index (Phi) is 6.79. The Morgan fingerprint density at radius 3 is 2.71 bits per heavy atom. The van der Waals surface area contributed by atoms with E-state index < -0.39 is 22.0 Å². The lowest BCUT2D eigenvalue weighted by molar-refractivity contribution is -0.139. The van der Waals surface area contributed by atoms with Crippen molar-refractivity contribution >= 4 is 39.4 Å². The van der Waals surface area contributed by atoms with Crippen LogP contribution in [0.25, 0.3) is 0 Å². The van der Waals surface area contributed by atoms with E-state index in [-0.39, 0.29) is 17.1 Å². The molecule has 0 spiro atoms. The van der Waals surface area contributed by atoms with Gasteiger partial charge in [0.05, 0.1) is 7.11 Å². The summed E-state index contributed by atoms with van der Waals surface area (Å²) in [6.07, 6.45) is 2.00. The molecule has 1 aromatic rings. The third-order valence-electron chi connectivity index (χ3n) is 2.62. The Morgan fingerprint density at radius 2 is 2.19 bits per heavy atom. The molecule has 2 N–H and O–H groups in total. The predicted octanol–water partition coefficient (Wildman–Crippen LogP) is 1.83. The van der Waals surface area contributed by atoms with Gasteiger partial charge in [0.25, 0.3) is 0 Å². The highest BCUT2D eigenvalue weighted by Gasteiger charge is 2.27. The van der Waals surface area contributed by atoms with Gasteiger partial charge < -0.3 is 9.84 Å². The number of rotatable bonds is 8. The van der Waals surface area contributed by atoms with Crippen molar-refractivity contribution in [2.45, 2.75) is 17.4 Å². The van der Waals surface area contributed by atoms with Crippen LogP contribution in [0.15, 0.2) is 23.1 Å². The van der Waals surface area contributed by atoms with E-state index >= 15 is 0 Å². The predicted molar refractivity (Wildman–Crippen MR) is 82.7 cm³/mol. The summed E-state index contributed by atoms with van der Waals surface area (Å²) in [4.78, 5) is 11.0. The number of nitrogens with one attached hydrogen (secondary N) is 1. The summed E-state index contributed by atoms with van der Waals surface area (Å²) in [6.45, 7) is 0. The van der Waals surface area contributed by atoms with Crippen molar-refractivity contribution in [3.8, 4) is 5.75 Å². The fourth-order valence-electron chi connectivity index (χ4n) is 1.58. The Balaban J connectivity index is 3.07. The van der Waals surface area contributed by atoms with Gasteiger partial charge in [-0.2, -0.15) is 16.5 Å². The number of hydrogen-bond acceptors (Lipinski definition) is 5. The van der Waals surface area contributed by atoms with E-state index in [1.165, 1.54) is 37.1 Å². The van der Waals surface area contributed by atoms with Gasteiger partial charge in [-0.3, -0.25) is 4.79 Å². The first-order valence-electron chi connectivity index (χ1n) is 5.89. The molecule has 0 bridgehead atoms. The van der Waals surface area contributed by atoms with Crippen LogP contribution >= 0.6 is 23.4 Å². The number of ether oxygens (including phenoxy) is 1. The SMILES string of the molecule is COc1cc(Cl)ccc1S(=O)(=O)N[C@@H](CCSC)C(=O)O. The normalized spacial score (nSPS) is 12.9. The van der Waals surface area contributed by atoms with Gasteiger partial charge in [0, 0.05) is 11.1 Å². The highest BCUT2D eigenvalue weighted by molar-refractivity contribution is 7.98. The molecule has 9 heteroatoms. The van der Waals surface area contributed by atoms with Crippen LogP contribution in [0.1, 0.15) is 6.42 Å². The summed E-state index contributed by atoms with van der Waals surface area (Å²) in [6, 6.07) is 2.84. The highest BCUT2D eigenvalue weighted by atomic mass is 35.5. The summed E-state index contributed by atoms with van der Waals surface area (Å²) in [5, 5.41) is 9.41. The second-order valence-corrected chi connectivity index (χ2v) is 7.19. The molecule has 0 fully saturated rings. The van der Waals surface area contributed by atoms with E-state index in [1.807, 2.05) is 6.26 Å². The van der Waals surface area contributed by atoms with Crippen molar-refractivity contribution in [1.82, 2.24) is 4.72 Å². The quantitative estimate of drug-likeness (QED) is 0.740. The fraction of sp³-hybridized carbons (Fsp3) is 0.417. The third kappa shape index (κ3) is 5.06. The van der Waals surface area contributed by atoms with Crippen LogP contribution in [0.3, 0.4) is 0 Å².